The second kappa shape index (κ2) is 7.01. The SMILES string of the molecule is CCC(CN)C(=O)N(C)CCc1ccccn1. The highest BCUT2D eigenvalue weighted by Gasteiger charge is 2.18. The summed E-state index contributed by atoms with van der Waals surface area (Å²) < 4.78 is 0. The molecule has 1 unspecified atom stereocenters. The summed E-state index contributed by atoms with van der Waals surface area (Å²) in [7, 11) is 1.82. The third kappa shape index (κ3) is 4.15. The number of aromatic nitrogens is 1. The summed E-state index contributed by atoms with van der Waals surface area (Å²) in [5.41, 5.74) is 6.58. The molecule has 1 atom stereocenters. The van der Waals surface area contributed by atoms with Gasteiger partial charge >= 0.3 is 0 Å². The Morgan fingerprint density at radius 1 is 1.53 bits per heavy atom. The van der Waals surface area contributed by atoms with Gasteiger partial charge in [0.1, 0.15) is 0 Å². The molecule has 0 radical (unpaired) electrons. The zero-order valence-electron chi connectivity index (χ0n) is 10.6. The van der Waals surface area contributed by atoms with E-state index >= 15 is 0 Å². The zero-order chi connectivity index (χ0) is 12.7. The van der Waals surface area contributed by atoms with Crippen LogP contribution in [0.25, 0.3) is 0 Å². The van der Waals surface area contributed by atoms with E-state index in [0.29, 0.717) is 13.1 Å². The fourth-order valence-corrected chi connectivity index (χ4v) is 1.69. The van der Waals surface area contributed by atoms with E-state index in [4.69, 9.17) is 5.73 Å². The van der Waals surface area contributed by atoms with E-state index in [1.165, 1.54) is 0 Å². The lowest BCUT2D eigenvalue weighted by Crippen LogP contribution is -2.37. The lowest BCUT2D eigenvalue weighted by Gasteiger charge is -2.21. The average Bonchev–Trinajstić information content (AvgIpc) is 2.38. The van der Waals surface area contributed by atoms with E-state index in [1.807, 2.05) is 32.2 Å². The van der Waals surface area contributed by atoms with Gasteiger partial charge in [0.05, 0.1) is 5.92 Å². The molecule has 0 aliphatic heterocycles. The van der Waals surface area contributed by atoms with Crippen molar-refractivity contribution in [2.75, 3.05) is 20.1 Å². The van der Waals surface area contributed by atoms with Crippen LogP contribution in [0.3, 0.4) is 0 Å². The van der Waals surface area contributed by atoms with Gasteiger partial charge in [-0.15, -0.1) is 0 Å². The molecule has 0 aliphatic rings. The topological polar surface area (TPSA) is 59.2 Å². The van der Waals surface area contributed by atoms with Crippen LogP contribution in [0.4, 0.5) is 0 Å². The molecule has 1 amide bonds. The number of nitrogens with zero attached hydrogens (tertiary/aromatic N) is 2. The monoisotopic (exact) mass is 235 g/mol. The van der Waals surface area contributed by atoms with Gasteiger partial charge in [0, 0.05) is 38.4 Å². The molecule has 1 aromatic rings. The molecule has 2 N–H and O–H groups in total. The van der Waals surface area contributed by atoms with Gasteiger partial charge in [-0.1, -0.05) is 13.0 Å². The molecule has 0 aromatic carbocycles. The Balaban J connectivity index is 2.44. The predicted molar refractivity (Wildman–Crippen MR) is 68.4 cm³/mol. The van der Waals surface area contributed by atoms with Crippen LogP contribution in [-0.4, -0.2) is 35.9 Å². The van der Waals surface area contributed by atoms with Crippen LogP contribution >= 0.6 is 0 Å². The number of carbonyl (C=O) groups excluding carboxylic acids is 1. The van der Waals surface area contributed by atoms with Crippen molar-refractivity contribution < 1.29 is 4.79 Å². The summed E-state index contributed by atoms with van der Waals surface area (Å²) in [4.78, 5) is 17.9. The highest BCUT2D eigenvalue weighted by Crippen LogP contribution is 2.05. The van der Waals surface area contributed by atoms with Crippen LogP contribution in [0, 0.1) is 5.92 Å². The Morgan fingerprint density at radius 2 is 2.29 bits per heavy atom. The van der Waals surface area contributed by atoms with E-state index in [1.54, 1.807) is 11.1 Å². The fourth-order valence-electron chi connectivity index (χ4n) is 1.69. The first kappa shape index (κ1) is 13.6. The lowest BCUT2D eigenvalue weighted by molar-refractivity contribution is -0.133. The number of hydrogen-bond acceptors (Lipinski definition) is 3. The van der Waals surface area contributed by atoms with Crippen LogP contribution in [0.15, 0.2) is 24.4 Å². The largest absolute Gasteiger partial charge is 0.345 e. The van der Waals surface area contributed by atoms with Crippen molar-refractivity contribution in [3.8, 4) is 0 Å². The minimum Gasteiger partial charge on any atom is -0.345 e. The summed E-state index contributed by atoms with van der Waals surface area (Å²) in [5.74, 6) is 0.0784. The van der Waals surface area contributed by atoms with Crippen molar-refractivity contribution in [1.29, 1.82) is 0 Å². The van der Waals surface area contributed by atoms with E-state index in [2.05, 4.69) is 4.98 Å². The van der Waals surface area contributed by atoms with Crippen molar-refractivity contribution in [2.45, 2.75) is 19.8 Å². The van der Waals surface area contributed by atoms with E-state index < -0.39 is 0 Å². The lowest BCUT2D eigenvalue weighted by atomic mass is 10.1. The fraction of sp³-hybridized carbons (Fsp3) is 0.538. The summed E-state index contributed by atoms with van der Waals surface area (Å²) in [6.07, 6.45) is 3.35. The number of pyridine rings is 1. The van der Waals surface area contributed by atoms with Gasteiger partial charge in [-0.25, -0.2) is 0 Å². The molecule has 94 valence electrons. The molecule has 4 nitrogen and oxygen atoms in total. The minimum absolute atomic E-state index is 0.0521. The highest BCUT2D eigenvalue weighted by molar-refractivity contribution is 5.78. The predicted octanol–water partition coefficient (Wildman–Crippen LogP) is 1.07. The molecule has 0 saturated carbocycles. The average molecular weight is 235 g/mol. The quantitative estimate of drug-likeness (QED) is 0.802. The molecular formula is C13H21N3O. The summed E-state index contributed by atoms with van der Waals surface area (Å²) in [5, 5.41) is 0. The first-order valence-electron chi connectivity index (χ1n) is 6.04. The highest BCUT2D eigenvalue weighted by atomic mass is 16.2. The van der Waals surface area contributed by atoms with Gasteiger partial charge in [0.15, 0.2) is 0 Å². The molecule has 1 aromatic heterocycles. The molecule has 0 spiro atoms. The zero-order valence-corrected chi connectivity index (χ0v) is 10.6. The Bertz CT molecular complexity index is 336. The van der Waals surface area contributed by atoms with Crippen LogP contribution < -0.4 is 5.73 Å². The Kier molecular flexibility index (Phi) is 5.63. The van der Waals surface area contributed by atoms with Crippen LogP contribution in [0.5, 0.6) is 0 Å². The Hall–Kier alpha value is -1.42. The second-order valence-electron chi connectivity index (χ2n) is 4.17. The first-order valence-corrected chi connectivity index (χ1v) is 6.04. The number of likely N-dealkylation sites (N-methyl/N-ethyl adjacent to an activating group) is 1. The van der Waals surface area contributed by atoms with Crippen LogP contribution in [-0.2, 0) is 11.2 Å². The number of nitrogens with two attached hydrogens (primary N) is 1. The molecule has 0 saturated heterocycles. The van der Waals surface area contributed by atoms with E-state index in [0.717, 1.165) is 18.5 Å². The Morgan fingerprint density at radius 3 is 2.82 bits per heavy atom. The van der Waals surface area contributed by atoms with Crippen LogP contribution in [0.2, 0.25) is 0 Å². The van der Waals surface area contributed by atoms with E-state index in [9.17, 15) is 4.79 Å². The van der Waals surface area contributed by atoms with Crippen molar-refractivity contribution in [3.05, 3.63) is 30.1 Å². The second-order valence-corrected chi connectivity index (χ2v) is 4.17. The molecular weight excluding hydrogens is 214 g/mol. The molecule has 17 heavy (non-hydrogen) atoms. The maximum absolute atomic E-state index is 12.0. The Labute approximate surface area is 103 Å². The number of amides is 1. The van der Waals surface area contributed by atoms with Gasteiger partial charge in [-0.3, -0.25) is 9.78 Å². The molecule has 0 aliphatic carbocycles. The normalized spacial score (nSPS) is 12.2. The van der Waals surface area contributed by atoms with Gasteiger partial charge in [-0.05, 0) is 18.6 Å². The van der Waals surface area contributed by atoms with Crippen molar-refractivity contribution >= 4 is 5.91 Å². The molecule has 4 heteroatoms. The molecule has 1 heterocycles. The smallest absolute Gasteiger partial charge is 0.226 e. The maximum atomic E-state index is 12.0. The van der Waals surface area contributed by atoms with Gasteiger partial charge in [0.2, 0.25) is 5.91 Å². The van der Waals surface area contributed by atoms with Gasteiger partial charge in [-0.2, -0.15) is 0 Å². The number of hydrogen-bond donors (Lipinski definition) is 1. The summed E-state index contributed by atoms with van der Waals surface area (Å²) in [6, 6.07) is 5.82. The summed E-state index contributed by atoms with van der Waals surface area (Å²) in [6.45, 7) is 3.09. The van der Waals surface area contributed by atoms with Crippen LogP contribution in [0.1, 0.15) is 19.0 Å². The molecule has 0 fully saturated rings. The summed E-state index contributed by atoms with van der Waals surface area (Å²) >= 11 is 0. The third-order valence-corrected chi connectivity index (χ3v) is 2.93. The third-order valence-electron chi connectivity index (χ3n) is 2.93. The van der Waals surface area contributed by atoms with Crippen molar-refractivity contribution in [1.82, 2.24) is 9.88 Å². The van der Waals surface area contributed by atoms with Gasteiger partial charge in [0.25, 0.3) is 0 Å². The molecule has 0 bridgehead atoms. The minimum atomic E-state index is -0.0521. The standard InChI is InChI=1S/C13H21N3O/c1-3-11(10-14)13(17)16(2)9-7-12-6-4-5-8-15-12/h4-6,8,11H,3,7,9-10,14H2,1-2H3. The first-order chi connectivity index (χ1) is 8.19. The molecule has 1 rings (SSSR count). The van der Waals surface area contributed by atoms with E-state index in [-0.39, 0.29) is 11.8 Å². The maximum Gasteiger partial charge on any atom is 0.226 e. The number of carbonyl (C=O) groups is 1. The van der Waals surface area contributed by atoms with Crippen molar-refractivity contribution in [2.24, 2.45) is 11.7 Å². The van der Waals surface area contributed by atoms with Gasteiger partial charge < -0.3 is 10.6 Å². The van der Waals surface area contributed by atoms with Crippen molar-refractivity contribution in [3.63, 3.8) is 0 Å². The number of rotatable bonds is 6.